The van der Waals surface area contributed by atoms with Crippen LogP contribution in [0.25, 0.3) is 0 Å². The first-order chi connectivity index (χ1) is 27.0. The Morgan fingerprint density at radius 1 is 0.845 bits per heavy atom. The zero-order valence-corrected chi connectivity index (χ0v) is 35.1. The average Bonchev–Trinajstić information content (AvgIpc) is 3.47. The van der Waals surface area contributed by atoms with Crippen LogP contribution in [0.1, 0.15) is 99.6 Å². The summed E-state index contributed by atoms with van der Waals surface area (Å²) in [6.45, 7) is 17.5. The maximum absolute atomic E-state index is 14.9. The number of nitrogens with zero attached hydrogens (tertiary/aromatic N) is 2. The minimum Gasteiger partial charge on any atom is -0.513 e. The number of amides is 5. The summed E-state index contributed by atoms with van der Waals surface area (Å²) in [6, 6.07) is -1.63. The Labute approximate surface area is 339 Å². The standard InChI is InChI=1S/C41H61N7O10/c1-19(2)15-27-33(51)46-31(22(7)49)36(54)47-29(18-41(57)25-16-23(40(8,9)10)11-12-26(25)44-39(41)47)35(53)45-30(20(3)4)38(56)58-32(21(5)6)37(55)48-28(34(52)43-27)17-24(50)13-14-42-48/h11-13,16,19-22,27-32,39,42,44,49-50,57H,14-15,17-18H2,1-10H3,(H,43,52)(H,45,53)(H,46,51)/t22-,27-,28+,29-,30?,31+,32?,39-,41+/m0/s1. The van der Waals surface area contributed by atoms with Gasteiger partial charge in [-0.1, -0.05) is 74.4 Å². The molecule has 8 N–H and O–H groups in total. The Hall–Kier alpha value is -4.74. The summed E-state index contributed by atoms with van der Waals surface area (Å²) in [7, 11) is 0. The Balaban J connectivity index is 1.64. The summed E-state index contributed by atoms with van der Waals surface area (Å²) in [5.74, 6) is -6.72. The van der Waals surface area contributed by atoms with Gasteiger partial charge in [0.25, 0.3) is 5.91 Å². The highest BCUT2D eigenvalue weighted by molar-refractivity contribution is 5.98. The summed E-state index contributed by atoms with van der Waals surface area (Å²) < 4.78 is 5.87. The Morgan fingerprint density at radius 2 is 1.48 bits per heavy atom. The average molecular weight is 812 g/mol. The third kappa shape index (κ3) is 8.81. The lowest BCUT2D eigenvalue weighted by molar-refractivity contribution is -0.170. The molecule has 320 valence electrons. The maximum atomic E-state index is 14.9. The summed E-state index contributed by atoms with van der Waals surface area (Å²) >= 11 is 0. The lowest BCUT2D eigenvalue weighted by Gasteiger charge is -2.37. The van der Waals surface area contributed by atoms with Crippen LogP contribution in [0.5, 0.6) is 0 Å². The van der Waals surface area contributed by atoms with Crippen molar-refractivity contribution in [3.63, 3.8) is 0 Å². The van der Waals surface area contributed by atoms with Crippen LogP contribution in [0.2, 0.25) is 0 Å². The number of hydrazine groups is 1. The van der Waals surface area contributed by atoms with Gasteiger partial charge in [-0.05, 0) is 54.2 Å². The van der Waals surface area contributed by atoms with Gasteiger partial charge in [0.05, 0.1) is 11.9 Å². The van der Waals surface area contributed by atoms with E-state index in [2.05, 4.69) is 26.7 Å². The van der Waals surface area contributed by atoms with Crippen LogP contribution < -0.4 is 26.7 Å². The number of nitrogens with one attached hydrogen (secondary N) is 5. The summed E-state index contributed by atoms with van der Waals surface area (Å²) in [4.78, 5) is 87.2. The van der Waals surface area contributed by atoms with Gasteiger partial charge in [0, 0.05) is 30.6 Å². The quantitative estimate of drug-likeness (QED) is 0.196. The van der Waals surface area contributed by atoms with E-state index < -0.39 is 102 Å². The highest BCUT2D eigenvalue weighted by Crippen LogP contribution is 2.50. The zero-order valence-electron chi connectivity index (χ0n) is 35.1. The van der Waals surface area contributed by atoms with Gasteiger partial charge >= 0.3 is 5.97 Å². The molecule has 5 rings (SSSR count). The summed E-state index contributed by atoms with van der Waals surface area (Å²) in [6.07, 6.45) is -3.43. The number of anilines is 1. The fraction of sp³-hybridized carbons (Fsp3) is 0.659. The molecule has 0 spiro atoms. The third-order valence-corrected chi connectivity index (χ3v) is 11.3. The number of esters is 1. The number of ether oxygens (including phenoxy) is 1. The SMILES string of the molecule is CC(C)C[C@@H]1NC(=O)[C@H]2CC(O)=CCNN2C(=O)C(C(C)C)OC(=O)C(C(C)C)NC(=O)[C@@H]2C[C@@]3(O)c4cc(C(C)(C)C)ccc4N[C@H]3N2C(=O)[C@@H]([C@H](C)O)NC1=O. The lowest BCUT2D eigenvalue weighted by Crippen LogP contribution is -2.64. The molecule has 2 unspecified atom stereocenters. The normalized spacial score (nSPS) is 30.8. The van der Waals surface area contributed by atoms with E-state index in [9.17, 15) is 44.1 Å². The highest BCUT2D eigenvalue weighted by Gasteiger charge is 2.61. The van der Waals surface area contributed by atoms with Crippen LogP contribution in [0, 0.1) is 17.8 Å². The Kier molecular flexibility index (Phi) is 12.9. The number of aliphatic hydroxyl groups is 3. The molecule has 1 aromatic carbocycles. The van der Waals surface area contributed by atoms with Gasteiger partial charge in [-0.25, -0.2) is 10.2 Å². The molecule has 0 aromatic heterocycles. The lowest BCUT2D eigenvalue weighted by atomic mass is 9.82. The highest BCUT2D eigenvalue weighted by atomic mass is 16.6. The molecule has 2 fully saturated rings. The number of hydrogen-bond acceptors (Lipinski definition) is 12. The molecule has 4 heterocycles. The van der Waals surface area contributed by atoms with Gasteiger partial charge in [-0.15, -0.1) is 0 Å². The number of rotatable bonds is 5. The molecule has 0 aliphatic carbocycles. The van der Waals surface area contributed by atoms with Crippen molar-refractivity contribution in [2.75, 3.05) is 11.9 Å². The third-order valence-electron chi connectivity index (χ3n) is 11.3. The van der Waals surface area contributed by atoms with E-state index in [4.69, 9.17) is 4.74 Å². The van der Waals surface area contributed by atoms with Crippen molar-refractivity contribution in [3.8, 4) is 0 Å². The van der Waals surface area contributed by atoms with Crippen molar-refractivity contribution in [3.05, 3.63) is 41.2 Å². The molecule has 17 heteroatoms. The van der Waals surface area contributed by atoms with Crippen molar-refractivity contribution >= 4 is 41.2 Å². The van der Waals surface area contributed by atoms with Crippen molar-refractivity contribution < 1.29 is 48.8 Å². The molecule has 4 aliphatic heterocycles. The predicted molar refractivity (Wildman–Crippen MR) is 212 cm³/mol. The largest absolute Gasteiger partial charge is 0.513 e. The zero-order chi connectivity index (χ0) is 43.2. The van der Waals surface area contributed by atoms with Crippen molar-refractivity contribution in [2.24, 2.45) is 17.8 Å². The molecule has 2 saturated heterocycles. The van der Waals surface area contributed by atoms with Gasteiger partial charge in [0.15, 0.2) is 6.10 Å². The maximum Gasteiger partial charge on any atom is 0.329 e. The van der Waals surface area contributed by atoms with E-state index in [0.29, 0.717) is 11.3 Å². The topological polar surface area (TPSA) is 239 Å². The van der Waals surface area contributed by atoms with Crippen molar-refractivity contribution in [1.82, 2.24) is 31.3 Å². The molecule has 1 aromatic rings. The van der Waals surface area contributed by atoms with Crippen LogP contribution in [0.4, 0.5) is 5.69 Å². The fourth-order valence-electron chi connectivity index (χ4n) is 8.02. The first-order valence-corrected chi connectivity index (χ1v) is 20.2. The summed E-state index contributed by atoms with van der Waals surface area (Å²) in [5.41, 5.74) is 2.56. The van der Waals surface area contributed by atoms with Crippen molar-refractivity contribution in [2.45, 2.75) is 148 Å². The second-order valence-corrected chi connectivity index (χ2v) is 18.2. The van der Waals surface area contributed by atoms with Gasteiger partial charge in [0.2, 0.25) is 23.6 Å². The number of fused-ring (bicyclic) bond motifs is 6. The van der Waals surface area contributed by atoms with Crippen LogP contribution in [0.15, 0.2) is 30.0 Å². The minimum absolute atomic E-state index is 0.0546. The van der Waals surface area contributed by atoms with Gasteiger partial charge in [0.1, 0.15) is 42.0 Å². The number of benzene rings is 1. The molecule has 4 aliphatic rings. The van der Waals surface area contributed by atoms with E-state index in [1.54, 1.807) is 33.8 Å². The van der Waals surface area contributed by atoms with E-state index in [1.807, 2.05) is 46.8 Å². The van der Waals surface area contributed by atoms with E-state index in [1.165, 1.54) is 13.0 Å². The smallest absolute Gasteiger partial charge is 0.329 e. The van der Waals surface area contributed by atoms with Crippen molar-refractivity contribution in [1.29, 1.82) is 0 Å². The van der Waals surface area contributed by atoms with E-state index in [0.717, 1.165) is 15.5 Å². The first kappa shape index (κ1) is 44.4. The number of carbonyl (C=O) groups is 6. The number of carbonyl (C=O) groups excluding carboxylic acids is 6. The Bertz CT molecular complexity index is 1820. The molecule has 0 radical (unpaired) electrons. The van der Waals surface area contributed by atoms with E-state index >= 15 is 0 Å². The predicted octanol–water partition coefficient (Wildman–Crippen LogP) is 1.19. The molecular weight excluding hydrogens is 750 g/mol. The van der Waals surface area contributed by atoms with Gasteiger partial charge in [-0.2, -0.15) is 0 Å². The second kappa shape index (κ2) is 16.9. The monoisotopic (exact) mass is 811 g/mol. The molecule has 0 bridgehead atoms. The molecule has 58 heavy (non-hydrogen) atoms. The summed E-state index contributed by atoms with van der Waals surface area (Å²) in [5, 5.41) is 46.5. The van der Waals surface area contributed by atoms with Gasteiger partial charge < -0.3 is 46.2 Å². The molecule has 0 saturated carbocycles. The van der Waals surface area contributed by atoms with Crippen LogP contribution in [-0.4, -0.2) is 116 Å². The van der Waals surface area contributed by atoms with Crippen LogP contribution >= 0.6 is 0 Å². The van der Waals surface area contributed by atoms with Crippen LogP contribution in [-0.2, 0) is 44.5 Å². The molecular formula is C41H61N7O10. The van der Waals surface area contributed by atoms with Gasteiger partial charge in [-0.3, -0.25) is 29.0 Å². The van der Waals surface area contributed by atoms with Crippen LogP contribution in [0.3, 0.4) is 0 Å². The second-order valence-electron chi connectivity index (χ2n) is 18.2. The number of hydrogen-bond donors (Lipinski definition) is 8. The fourth-order valence-corrected chi connectivity index (χ4v) is 8.02. The minimum atomic E-state index is -1.83. The first-order valence-electron chi connectivity index (χ1n) is 20.2. The number of aliphatic hydroxyl groups excluding tert-OH is 2. The van der Waals surface area contributed by atoms with E-state index in [-0.39, 0.29) is 42.9 Å². The molecule has 17 nitrogen and oxygen atoms in total. The number of cyclic esters (lactones) is 1. The Morgan fingerprint density at radius 3 is 2.07 bits per heavy atom. The molecule has 5 amide bonds. The molecule has 9 atom stereocenters.